The summed E-state index contributed by atoms with van der Waals surface area (Å²) in [4.78, 5) is 0. The molecular formula is C7H3F13O2. The van der Waals surface area contributed by atoms with Crippen LogP contribution in [0.5, 0.6) is 0 Å². The molecule has 0 atom stereocenters. The van der Waals surface area contributed by atoms with Crippen LogP contribution in [0.15, 0.2) is 0 Å². The van der Waals surface area contributed by atoms with Crippen molar-refractivity contribution in [3.63, 3.8) is 0 Å². The Hall–Kier alpha value is -0.990. The number of rotatable bonds is 4. The first kappa shape index (κ1) is 21.0. The maximum atomic E-state index is 12.6. The molecule has 0 saturated heterocycles. The van der Waals surface area contributed by atoms with Crippen LogP contribution in [0.4, 0.5) is 57.1 Å². The highest BCUT2D eigenvalue weighted by molar-refractivity contribution is 4.78. The molecule has 15 heteroatoms. The van der Waals surface area contributed by atoms with E-state index in [9.17, 15) is 57.1 Å². The zero-order valence-electron chi connectivity index (χ0n) is 9.46. The summed E-state index contributed by atoms with van der Waals surface area (Å²) in [5.41, 5.74) is 0. The van der Waals surface area contributed by atoms with E-state index in [1.165, 1.54) is 0 Å². The van der Waals surface area contributed by atoms with E-state index in [2.05, 4.69) is 9.47 Å². The van der Waals surface area contributed by atoms with Crippen molar-refractivity contribution in [1.29, 1.82) is 0 Å². The van der Waals surface area contributed by atoms with E-state index in [0.717, 1.165) is 0 Å². The van der Waals surface area contributed by atoms with E-state index in [-0.39, 0.29) is 0 Å². The second kappa shape index (κ2) is 6.25. The Balaban J connectivity index is 5.15. The molecule has 0 aliphatic heterocycles. The van der Waals surface area contributed by atoms with Gasteiger partial charge in [0.1, 0.15) is 0 Å². The van der Waals surface area contributed by atoms with Gasteiger partial charge in [0.15, 0.2) is 0 Å². The van der Waals surface area contributed by atoms with Crippen LogP contribution in [0.25, 0.3) is 0 Å². The number of hydrogen-bond acceptors (Lipinski definition) is 2. The van der Waals surface area contributed by atoms with Crippen LogP contribution in [-0.2, 0) is 9.47 Å². The lowest BCUT2D eigenvalue weighted by atomic mass is 10.3. The molecule has 0 N–H and O–H groups in total. The molecule has 0 fully saturated rings. The van der Waals surface area contributed by atoms with Gasteiger partial charge in [0.25, 0.3) is 12.2 Å². The van der Waals surface area contributed by atoms with E-state index in [1.54, 1.807) is 0 Å². The molecule has 0 heterocycles. The highest BCUT2D eigenvalue weighted by atomic mass is 19.4. The van der Waals surface area contributed by atoms with E-state index in [1.807, 2.05) is 0 Å². The molecule has 0 rings (SSSR count). The van der Waals surface area contributed by atoms with Crippen LogP contribution in [0.3, 0.4) is 0 Å². The molecule has 0 aromatic rings. The third kappa shape index (κ3) is 6.41. The van der Waals surface area contributed by atoms with Crippen molar-refractivity contribution >= 4 is 0 Å². The molecule has 0 aromatic heterocycles. The summed E-state index contributed by atoms with van der Waals surface area (Å²) in [5.74, 6) is 0. The molecule has 0 amide bonds. The quantitative estimate of drug-likeness (QED) is 0.547. The first-order valence-corrected chi connectivity index (χ1v) is 4.58. The fourth-order valence-electron chi connectivity index (χ4n) is 0.926. The Labute approximate surface area is 111 Å². The lowest BCUT2D eigenvalue weighted by Gasteiger charge is -2.28. The van der Waals surface area contributed by atoms with Gasteiger partial charge < -0.3 is 9.47 Å². The van der Waals surface area contributed by atoms with Crippen LogP contribution in [0, 0.1) is 0 Å². The average molecular weight is 366 g/mol. The lowest BCUT2D eigenvalue weighted by Crippen LogP contribution is -2.50. The van der Waals surface area contributed by atoms with E-state index < -0.39 is 43.5 Å². The van der Waals surface area contributed by atoms with Crippen LogP contribution in [-0.4, -0.2) is 43.5 Å². The van der Waals surface area contributed by atoms with E-state index >= 15 is 0 Å². The summed E-state index contributed by atoms with van der Waals surface area (Å²) in [7, 11) is 0. The second-order valence-electron chi connectivity index (χ2n) is 3.47. The van der Waals surface area contributed by atoms with Gasteiger partial charge in [0.2, 0.25) is 0 Å². The van der Waals surface area contributed by atoms with Crippen LogP contribution < -0.4 is 0 Å². The molecule has 0 bridgehead atoms. The molecule has 0 radical (unpaired) electrons. The summed E-state index contributed by atoms with van der Waals surface area (Å²) in [6, 6.07) is 0. The van der Waals surface area contributed by atoms with Gasteiger partial charge in [-0.05, 0) is 0 Å². The van der Waals surface area contributed by atoms with Crippen LogP contribution >= 0.6 is 0 Å². The first-order valence-electron chi connectivity index (χ1n) is 4.58. The van der Waals surface area contributed by atoms with Crippen molar-refractivity contribution in [2.45, 2.75) is 43.5 Å². The monoisotopic (exact) mass is 366 g/mol. The fraction of sp³-hybridized carbons (Fsp3) is 1.00. The van der Waals surface area contributed by atoms with Gasteiger partial charge >= 0.3 is 31.2 Å². The van der Waals surface area contributed by atoms with Crippen molar-refractivity contribution in [3.05, 3.63) is 0 Å². The van der Waals surface area contributed by atoms with Gasteiger partial charge in [-0.3, -0.25) is 0 Å². The number of halogens is 13. The smallest absolute Gasteiger partial charge is 0.304 e. The Morgan fingerprint density at radius 2 is 0.636 bits per heavy atom. The van der Waals surface area contributed by atoms with E-state index in [0.29, 0.717) is 0 Å². The number of ether oxygens (including phenoxy) is 2. The SMILES string of the molecule is FC(OC(C(F)(F)F)C(F)(F)F)OC(C(F)(F)F)C(F)(F)F. The van der Waals surface area contributed by atoms with Crippen molar-refractivity contribution in [2.75, 3.05) is 0 Å². The minimum Gasteiger partial charge on any atom is -0.304 e. The summed E-state index contributed by atoms with van der Waals surface area (Å²) in [6.07, 6.45) is -35.3. The highest BCUT2D eigenvalue weighted by Gasteiger charge is 2.62. The zero-order chi connectivity index (χ0) is 18.1. The van der Waals surface area contributed by atoms with Crippen molar-refractivity contribution < 1.29 is 66.5 Å². The van der Waals surface area contributed by atoms with Crippen LogP contribution in [0.1, 0.15) is 0 Å². The molecule has 0 aliphatic carbocycles. The maximum absolute atomic E-state index is 12.6. The molecule has 0 spiro atoms. The third-order valence-electron chi connectivity index (χ3n) is 1.68. The van der Waals surface area contributed by atoms with Gasteiger partial charge in [-0.25, -0.2) is 0 Å². The standard InChI is InChI=1S/C7H3F13O2/c8-3(21-1(4(9,10)11)5(12,13)14)22-2(6(15,16)17)7(18,19)20/h1-3H. The van der Waals surface area contributed by atoms with Gasteiger partial charge in [-0.1, -0.05) is 0 Å². The van der Waals surface area contributed by atoms with E-state index in [4.69, 9.17) is 0 Å². The van der Waals surface area contributed by atoms with Crippen molar-refractivity contribution in [3.8, 4) is 0 Å². The van der Waals surface area contributed by atoms with Gasteiger partial charge in [-0.2, -0.15) is 57.1 Å². The zero-order valence-corrected chi connectivity index (χ0v) is 9.46. The largest absolute Gasteiger partial charge is 0.423 e. The molecule has 0 aromatic carbocycles. The Kier molecular flexibility index (Phi) is 5.97. The second-order valence-corrected chi connectivity index (χ2v) is 3.47. The highest BCUT2D eigenvalue weighted by Crippen LogP contribution is 2.39. The van der Waals surface area contributed by atoms with Crippen molar-refractivity contribution in [1.82, 2.24) is 0 Å². The van der Waals surface area contributed by atoms with Gasteiger partial charge in [0, 0.05) is 0 Å². The Bertz CT molecular complexity index is 287. The first-order chi connectivity index (χ1) is 9.37. The predicted molar refractivity (Wildman–Crippen MR) is 38.9 cm³/mol. The molecule has 0 saturated carbocycles. The minimum absolute atomic E-state index is 2.46. The fourth-order valence-corrected chi connectivity index (χ4v) is 0.926. The van der Waals surface area contributed by atoms with Gasteiger partial charge in [0.05, 0.1) is 0 Å². The predicted octanol–water partition coefficient (Wildman–Crippen LogP) is 4.26. The summed E-state index contributed by atoms with van der Waals surface area (Å²) in [6.45, 7) is -4.60. The van der Waals surface area contributed by atoms with Crippen LogP contribution in [0.2, 0.25) is 0 Å². The normalized spacial score (nSPS) is 15.3. The average Bonchev–Trinajstić information content (AvgIpc) is 2.15. The topological polar surface area (TPSA) is 18.5 Å². The molecule has 0 unspecified atom stereocenters. The summed E-state index contributed by atoms with van der Waals surface area (Å²) < 4.78 is 160. The molecule has 0 aliphatic rings. The lowest BCUT2D eigenvalue weighted by molar-refractivity contribution is -0.412. The minimum atomic E-state index is -6.35. The maximum Gasteiger partial charge on any atom is 0.423 e. The Morgan fingerprint density at radius 3 is 0.773 bits per heavy atom. The van der Waals surface area contributed by atoms with Gasteiger partial charge in [-0.15, -0.1) is 0 Å². The molecule has 2 nitrogen and oxygen atoms in total. The summed E-state index contributed by atoms with van der Waals surface area (Å²) >= 11 is 0. The number of alkyl halides is 13. The Morgan fingerprint density at radius 1 is 0.455 bits per heavy atom. The number of hydrogen-bond donors (Lipinski definition) is 0. The molecule has 134 valence electrons. The third-order valence-corrected chi connectivity index (χ3v) is 1.68. The van der Waals surface area contributed by atoms with Crippen molar-refractivity contribution in [2.24, 2.45) is 0 Å². The molecule has 22 heavy (non-hydrogen) atoms. The molecular weight excluding hydrogens is 363 g/mol. The summed E-state index contributed by atoms with van der Waals surface area (Å²) in [5, 5.41) is 0.